The third-order valence-corrected chi connectivity index (χ3v) is 9.23. The Morgan fingerprint density at radius 2 is 1.80 bits per heavy atom. The quantitative estimate of drug-likeness (QED) is 0.0705. The third kappa shape index (κ3) is 5.12. The number of benzene rings is 4. The van der Waals surface area contributed by atoms with Crippen LogP contribution in [0.15, 0.2) is 94.8 Å². The topological polar surface area (TPSA) is 83.4 Å². The Morgan fingerprint density at radius 3 is 2.61 bits per heavy atom. The second kappa shape index (κ2) is 11.1. The molecule has 1 unspecified atom stereocenters. The van der Waals surface area contributed by atoms with Gasteiger partial charge in [0.2, 0.25) is 5.13 Å². The highest BCUT2D eigenvalue weighted by atomic mass is 35.5. The zero-order chi connectivity index (χ0) is 28.7. The number of aliphatic hydroxyl groups is 1. The highest BCUT2D eigenvalue weighted by Crippen LogP contribution is 2.44. The van der Waals surface area contributed by atoms with E-state index >= 15 is 0 Å². The number of aromatic nitrogens is 2. The van der Waals surface area contributed by atoms with Crippen molar-refractivity contribution in [1.29, 1.82) is 0 Å². The maximum Gasteiger partial charge on any atom is 0.301 e. The summed E-state index contributed by atoms with van der Waals surface area (Å²) in [6, 6.07) is 24.0. The minimum absolute atomic E-state index is 0.0849. The van der Waals surface area contributed by atoms with Gasteiger partial charge < -0.3 is 5.11 Å². The lowest BCUT2D eigenvalue weighted by Crippen LogP contribution is -2.29. The number of carbonyl (C=O) groups excluding carboxylic acids is 2. The first kappa shape index (κ1) is 27.1. The summed E-state index contributed by atoms with van der Waals surface area (Å²) in [5, 5.41) is 22.6. The number of anilines is 1. The Balaban J connectivity index is 1.38. The maximum atomic E-state index is 14.4. The van der Waals surface area contributed by atoms with Crippen LogP contribution >= 0.6 is 34.7 Å². The second-order valence-electron chi connectivity index (χ2n) is 9.47. The highest BCUT2D eigenvalue weighted by molar-refractivity contribution is 8.00. The molecule has 204 valence electrons. The van der Waals surface area contributed by atoms with E-state index in [2.05, 4.69) is 34.5 Å². The van der Waals surface area contributed by atoms with Gasteiger partial charge in [0.1, 0.15) is 11.6 Å². The van der Waals surface area contributed by atoms with Gasteiger partial charge in [-0.1, -0.05) is 101 Å². The lowest BCUT2D eigenvalue weighted by Gasteiger charge is -2.22. The van der Waals surface area contributed by atoms with Crippen LogP contribution in [0.1, 0.15) is 28.3 Å². The van der Waals surface area contributed by atoms with Crippen molar-refractivity contribution in [2.75, 3.05) is 4.90 Å². The number of hydrogen-bond donors (Lipinski definition) is 1. The molecule has 0 spiro atoms. The van der Waals surface area contributed by atoms with Crippen LogP contribution < -0.4 is 4.90 Å². The molecule has 0 radical (unpaired) electrons. The zero-order valence-electron chi connectivity index (χ0n) is 21.5. The molecule has 2 heterocycles. The summed E-state index contributed by atoms with van der Waals surface area (Å²) in [6.45, 7) is 1.59. The Morgan fingerprint density at radius 1 is 1.02 bits per heavy atom. The molecular weight excluding hydrogens is 581 g/mol. The molecule has 6 rings (SSSR count). The Kier molecular flexibility index (Phi) is 7.33. The van der Waals surface area contributed by atoms with Crippen molar-refractivity contribution in [2.24, 2.45) is 0 Å². The molecule has 0 saturated carbocycles. The standard InChI is InChI=1S/C31H21ClFN3O3S2/c1-17-12-13-20(15-24(17)33)27(37)25-26(19-8-5-10-22(32)14-19)36(29(39)28(25)38)30-34-35-31(41-30)40-16-21-9-4-7-18-6-2-3-11-23(18)21/h2-15,26,37H,16H2,1H3/b27-25+. The summed E-state index contributed by atoms with van der Waals surface area (Å²) in [5.74, 6) is -2.17. The van der Waals surface area contributed by atoms with Crippen molar-refractivity contribution < 1.29 is 19.1 Å². The van der Waals surface area contributed by atoms with Gasteiger partial charge in [0.15, 0.2) is 4.34 Å². The van der Waals surface area contributed by atoms with Crippen LogP contribution in [-0.4, -0.2) is 27.0 Å². The molecule has 41 heavy (non-hydrogen) atoms. The van der Waals surface area contributed by atoms with Crippen molar-refractivity contribution in [1.82, 2.24) is 10.2 Å². The zero-order valence-corrected chi connectivity index (χ0v) is 23.9. The summed E-state index contributed by atoms with van der Waals surface area (Å²) in [6.07, 6.45) is 0. The minimum atomic E-state index is -1.04. The molecule has 0 aliphatic carbocycles. The summed E-state index contributed by atoms with van der Waals surface area (Å²) < 4.78 is 15.0. The van der Waals surface area contributed by atoms with Crippen LogP contribution in [0, 0.1) is 12.7 Å². The molecule has 6 nitrogen and oxygen atoms in total. The van der Waals surface area contributed by atoms with E-state index in [-0.39, 0.29) is 16.3 Å². The van der Waals surface area contributed by atoms with Crippen LogP contribution in [0.4, 0.5) is 9.52 Å². The van der Waals surface area contributed by atoms with Gasteiger partial charge in [-0.3, -0.25) is 14.5 Å². The molecule has 1 fully saturated rings. The van der Waals surface area contributed by atoms with Crippen LogP contribution in [0.2, 0.25) is 5.02 Å². The molecule has 1 aromatic heterocycles. The van der Waals surface area contributed by atoms with Crippen molar-refractivity contribution in [3.8, 4) is 0 Å². The van der Waals surface area contributed by atoms with Gasteiger partial charge in [-0.05, 0) is 52.6 Å². The van der Waals surface area contributed by atoms with Gasteiger partial charge in [-0.25, -0.2) is 4.39 Å². The maximum absolute atomic E-state index is 14.4. The Hall–Kier alpha value is -4.05. The predicted octanol–water partition coefficient (Wildman–Crippen LogP) is 7.71. The van der Waals surface area contributed by atoms with Gasteiger partial charge in [0.25, 0.3) is 5.78 Å². The van der Waals surface area contributed by atoms with E-state index in [1.165, 1.54) is 40.1 Å². The Labute approximate surface area is 248 Å². The van der Waals surface area contributed by atoms with Gasteiger partial charge in [-0.15, -0.1) is 10.2 Å². The third-order valence-electron chi connectivity index (χ3n) is 6.89. The fourth-order valence-electron chi connectivity index (χ4n) is 4.83. The van der Waals surface area contributed by atoms with Gasteiger partial charge in [0, 0.05) is 16.3 Å². The number of thioether (sulfide) groups is 1. The number of hydrogen-bond acceptors (Lipinski definition) is 7. The lowest BCUT2D eigenvalue weighted by atomic mass is 9.95. The Bertz CT molecular complexity index is 1870. The largest absolute Gasteiger partial charge is 0.507 e. The fraction of sp³-hybridized carbons (Fsp3) is 0.0968. The van der Waals surface area contributed by atoms with Crippen LogP contribution in [-0.2, 0) is 15.3 Å². The van der Waals surface area contributed by atoms with E-state index in [0.29, 0.717) is 26.2 Å². The van der Waals surface area contributed by atoms with E-state index in [1.807, 2.05) is 18.2 Å². The SMILES string of the molecule is Cc1ccc(/C(O)=C2\C(=O)C(=O)N(c3nnc(SCc4cccc5ccccc45)s3)C2c2cccc(Cl)c2)cc1F. The molecule has 0 bridgehead atoms. The van der Waals surface area contributed by atoms with E-state index in [0.717, 1.165) is 22.4 Å². The smallest absolute Gasteiger partial charge is 0.301 e. The van der Waals surface area contributed by atoms with Crippen molar-refractivity contribution in [3.05, 3.63) is 124 Å². The van der Waals surface area contributed by atoms with E-state index in [9.17, 15) is 19.1 Å². The number of carbonyl (C=O) groups is 2. The van der Waals surface area contributed by atoms with Crippen molar-refractivity contribution >= 4 is 68.1 Å². The van der Waals surface area contributed by atoms with E-state index in [4.69, 9.17) is 11.6 Å². The first-order valence-electron chi connectivity index (χ1n) is 12.6. The lowest BCUT2D eigenvalue weighted by molar-refractivity contribution is -0.132. The summed E-state index contributed by atoms with van der Waals surface area (Å²) in [7, 11) is 0. The summed E-state index contributed by atoms with van der Waals surface area (Å²) >= 11 is 8.92. The molecule has 5 aromatic rings. The van der Waals surface area contributed by atoms with Gasteiger partial charge >= 0.3 is 5.91 Å². The fourth-order valence-corrected chi connectivity index (χ4v) is 6.90. The average molecular weight is 602 g/mol. The molecule has 1 atom stereocenters. The first-order chi connectivity index (χ1) is 19.8. The molecule has 1 aliphatic heterocycles. The number of aryl methyl sites for hydroxylation is 1. The van der Waals surface area contributed by atoms with Crippen LogP contribution in [0.3, 0.4) is 0 Å². The number of Topliss-reactive ketones (excluding diaryl/α,β-unsaturated/α-hetero) is 1. The molecule has 1 N–H and O–H groups in total. The summed E-state index contributed by atoms with van der Waals surface area (Å²) in [5.41, 5.74) is 1.92. The van der Waals surface area contributed by atoms with E-state index in [1.54, 1.807) is 31.2 Å². The summed E-state index contributed by atoms with van der Waals surface area (Å²) in [4.78, 5) is 28.0. The van der Waals surface area contributed by atoms with E-state index < -0.39 is 29.3 Å². The molecule has 10 heteroatoms. The number of ketones is 1. The number of fused-ring (bicyclic) bond motifs is 1. The molecule has 1 aliphatic rings. The normalized spacial score (nSPS) is 16.6. The number of aliphatic hydroxyl groups excluding tert-OH is 1. The van der Waals surface area contributed by atoms with Crippen molar-refractivity contribution in [3.63, 3.8) is 0 Å². The second-order valence-corrected chi connectivity index (χ2v) is 12.1. The van der Waals surface area contributed by atoms with Gasteiger partial charge in [-0.2, -0.15) is 0 Å². The van der Waals surface area contributed by atoms with Crippen molar-refractivity contribution in [2.45, 2.75) is 23.1 Å². The number of halogens is 2. The van der Waals surface area contributed by atoms with Crippen LogP contribution in [0.5, 0.6) is 0 Å². The van der Waals surface area contributed by atoms with Gasteiger partial charge in [0.05, 0.1) is 11.6 Å². The number of rotatable bonds is 6. The molecule has 4 aromatic carbocycles. The number of nitrogens with zero attached hydrogens (tertiary/aromatic N) is 3. The average Bonchev–Trinajstić information content (AvgIpc) is 3.54. The predicted molar refractivity (Wildman–Crippen MR) is 161 cm³/mol. The molecule has 1 amide bonds. The highest BCUT2D eigenvalue weighted by Gasteiger charge is 2.48. The molecular formula is C31H21ClFN3O3S2. The minimum Gasteiger partial charge on any atom is -0.507 e. The monoisotopic (exact) mass is 601 g/mol. The molecule has 1 saturated heterocycles. The number of amides is 1. The van der Waals surface area contributed by atoms with Crippen LogP contribution in [0.25, 0.3) is 16.5 Å². The first-order valence-corrected chi connectivity index (χ1v) is 14.8.